The molecule has 0 saturated heterocycles. The first-order chi connectivity index (χ1) is 15.1. The Hall–Kier alpha value is -3.88. The largest absolute Gasteiger partial charge is 0.497 e. The Morgan fingerprint density at radius 3 is 2.53 bits per heavy atom. The van der Waals surface area contributed by atoms with Crippen molar-refractivity contribution in [2.24, 2.45) is 0 Å². The number of aliphatic carboxylic acids is 1. The van der Waals surface area contributed by atoms with Crippen LogP contribution in [0.5, 0.6) is 5.75 Å². The van der Waals surface area contributed by atoms with E-state index >= 15 is 0 Å². The van der Waals surface area contributed by atoms with Gasteiger partial charge in [0.15, 0.2) is 6.04 Å². The van der Waals surface area contributed by atoms with Crippen LogP contribution < -0.4 is 15.4 Å². The van der Waals surface area contributed by atoms with E-state index < -0.39 is 29.5 Å². The zero-order valence-corrected chi connectivity index (χ0v) is 18.1. The second-order valence-electron chi connectivity index (χ2n) is 8.03. The monoisotopic (exact) mass is 441 g/mol. The van der Waals surface area contributed by atoms with E-state index in [1.807, 2.05) is 0 Å². The number of methoxy groups -OCH3 is 1. The Balaban J connectivity index is 1.90. The molecule has 1 atom stereocenters. The second kappa shape index (κ2) is 9.09. The molecule has 0 bridgehead atoms. The van der Waals surface area contributed by atoms with E-state index in [1.54, 1.807) is 45.0 Å². The zero-order chi connectivity index (χ0) is 23.5. The van der Waals surface area contributed by atoms with Gasteiger partial charge < -0.3 is 19.9 Å². The maximum atomic E-state index is 14.3. The smallest absolute Gasteiger partial charge is 0.413 e. The fourth-order valence-electron chi connectivity index (χ4n) is 3.08. The summed E-state index contributed by atoms with van der Waals surface area (Å²) >= 11 is 0. The van der Waals surface area contributed by atoms with Crippen LogP contribution in [0.4, 0.5) is 20.7 Å². The molecule has 3 aromatic rings. The van der Waals surface area contributed by atoms with E-state index in [0.717, 1.165) is 6.07 Å². The number of fused-ring (bicyclic) bond motifs is 1. The Kier molecular flexibility index (Phi) is 6.47. The minimum atomic E-state index is -1.34. The maximum Gasteiger partial charge on any atom is 0.413 e. The molecular weight excluding hydrogens is 417 g/mol. The number of nitrogens with one attached hydrogen (secondary N) is 2. The molecule has 0 spiro atoms. The van der Waals surface area contributed by atoms with Crippen LogP contribution >= 0.6 is 0 Å². The van der Waals surface area contributed by atoms with Gasteiger partial charge in [-0.2, -0.15) is 0 Å². The van der Waals surface area contributed by atoms with E-state index in [1.165, 1.54) is 25.4 Å². The third kappa shape index (κ3) is 5.42. The average molecular weight is 441 g/mol. The Labute approximate surface area is 184 Å². The van der Waals surface area contributed by atoms with E-state index in [-0.39, 0.29) is 5.56 Å². The van der Waals surface area contributed by atoms with Gasteiger partial charge in [-0.05, 0) is 68.6 Å². The first-order valence-corrected chi connectivity index (χ1v) is 9.79. The highest BCUT2D eigenvalue weighted by molar-refractivity contribution is 5.99. The van der Waals surface area contributed by atoms with Crippen molar-refractivity contribution >= 4 is 34.3 Å². The summed E-state index contributed by atoms with van der Waals surface area (Å²) in [6, 6.07) is 9.27. The van der Waals surface area contributed by atoms with Gasteiger partial charge in [0, 0.05) is 22.8 Å². The molecule has 8 nitrogen and oxygen atoms in total. The topological polar surface area (TPSA) is 110 Å². The molecule has 0 radical (unpaired) electrons. The highest BCUT2D eigenvalue weighted by Gasteiger charge is 2.24. The third-order valence-corrected chi connectivity index (χ3v) is 4.46. The van der Waals surface area contributed by atoms with Gasteiger partial charge in [0.1, 0.15) is 23.0 Å². The number of carboxylic acids is 1. The lowest BCUT2D eigenvalue weighted by molar-refractivity contribution is -0.138. The number of hydrogen-bond acceptors (Lipinski definition) is 6. The van der Waals surface area contributed by atoms with Crippen molar-refractivity contribution in [3.05, 3.63) is 60.0 Å². The summed E-state index contributed by atoms with van der Waals surface area (Å²) in [4.78, 5) is 28.2. The number of benzene rings is 2. The standard InChI is InChI=1S/C23H24FN3O5/c1-23(2,3)32-22(30)27-20-16-7-5-14(11-13(16)9-10-25-20)26-19(21(28)29)17-12-15(31-4)6-8-18(17)24/h5-12,19,26H,1-4H3,(H,28,29)(H,25,27,30). The van der Waals surface area contributed by atoms with E-state index in [0.29, 0.717) is 28.0 Å². The summed E-state index contributed by atoms with van der Waals surface area (Å²) in [7, 11) is 1.42. The van der Waals surface area contributed by atoms with Gasteiger partial charge in [0.25, 0.3) is 0 Å². The maximum absolute atomic E-state index is 14.3. The Morgan fingerprint density at radius 1 is 1.12 bits per heavy atom. The predicted octanol–water partition coefficient (Wildman–Crippen LogP) is 4.97. The van der Waals surface area contributed by atoms with Crippen LogP contribution in [0.1, 0.15) is 32.4 Å². The zero-order valence-electron chi connectivity index (χ0n) is 18.1. The van der Waals surface area contributed by atoms with Crippen LogP contribution in [0.15, 0.2) is 48.7 Å². The summed E-state index contributed by atoms with van der Waals surface area (Å²) in [6.07, 6.45) is 0.869. The summed E-state index contributed by atoms with van der Waals surface area (Å²) in [5.41, 5.74) is -0.270. The lowest BCUT2D eigenvalue weighted by Crippen LogP contribution is -2.27. The molecule has 168 valence electrons. The number of hydrogen-bond donors (Lipinski definition) is 3. The molecule has 32 heavy (non-hydrogen) atoms. The van der Waals surface area contributed by atoms with Crippen molar-refractivity contribution in [1.29, 1.82) is 0 Å². The van der Waals surface area contributed by atoms with Gasteiger partial charge >= 0.3 is 12.1 Å². The first kappa shape index (κ1) is 22.8. The van der Waals surface area contributed by atoms with Crippen molar-refractivity contribution in [3.8, 4) is 5.75 Å². The molecule has 9 heteroatoms. The van der Waals surface area contributed by atoms with Crippen LogP contribution in [0.25, 0.3) is 10.8 Å². The van der Waals surface area contributed by atoms with Crippen molar-refractivity contribution in [3.63, 3.8) is 0 Å². The normalized spacial score (nSPS) is 12.2. The molecule has 2 aromatic carbocycles. The number of rotatable bonds is 6. The van der Waals surface area contributed by atoms with E-state index in [9.17, 15) is 19.1 Å². The van der Waals surface area contributed by atoms with E-state index in [4.69, 9.17) is 9.47 Å². The summed E-state index contributed by atoms with van der Waals surface area (Å²) in [6.45, 7) is 5.27. The number of halogens is 1. The molecule has 0 saturated carbocycles. The minimum absolute atomic E-state index is 0.0565. The number of anilines is 2. The Morgan fingerprint density at radius 2 is 1.88 bits per heavy atom. The molecule has 0 aliphatic rings. The molecule has 1 amide bonds. The number of ether oxygens (including phenoxy) is 2. The number of carbonyl (C=O) groups excluding carboxylic acids is 1. The third-order valence-electron chi connectivity index (χ3n) is 4.46. The number of amides is 1. The van der Waals surface area contributed by atoms with Crippen molar-refractivity contribution in [1.82, 2.24) is 4.98 Å². The van der Waals surface area contributed by atoms with Gasteiger partial charge in [0.2, 0.25) is 0 Å². The number of carboxylic acid groups (broad SMARTS) is 1. The lowest BCUT2D eigenvalue weighted by atomic mass is 10.0. The molecule has 0 aliphatic carbocycles. The van der Waals surface area contributed by atoms with Gasteiger partial charge in [-0.25, -0.2) is 19.0 Å². The van der Waals surface area contributed by atoms with Gasteiger partial charge in [-0.3, -0.25) is 5.32 Å². The van der Waals surface area contributed by atoms with Crippen LogP contribution in [-0.2, 0) is 9.53 Å². The van der Waals surface area contributed by atoms with Crippen molar-refractivity contribution in [2.75, 3.05) is 17.7 Å². The lowest BCUT2D eigenvalue weighted by Gasteiger charge is -2.20. The molecule has 1 heterocycles. The SMILES string of the molecule is COc1ccc(F)c(C(Nc2ccc3c(NC(=O)OC(C)(C)C)nccc3c2)C(=O)O)c1. The first-order valence-electron chi connectivity index (χ1n) is 9.79. The summed E-state index contributed by atoms with van der Waals surface area (Å²) in [5.74, 6) is -1.27. The molecule has 0 aliphatic heterocycles. The Bertz CT molecular complexity index is 1160. The quantitative estimate of drug-likeness (QED) is 0.495. The number of pyridine rings is 1. The van der Waals surface area contributed by atoms with Crippen LogP contribution in [0.3, 0.4) is 0 Å². The van der Waals surface area contributed by atoms with Gasteiger partial charge in [-0.1, -0.05) is 0 Å². The second-order valence-corrected chi connectivity index (χ2v) is 8.03. The molecular formula is C23H24FN3O5. The van der Waals surface area contributed by atoms with Crippen molar-refractivity contribution in [2.45, 2.75) is 32.4 Å². The molecule has 0 fully saturated rings. The molecule has 3 rings (SSSR count). The highest BCUT2D eigenvalue weighted by atomic mass is 19.1. The average Bonchev–Trinajstić information content (AvgIpc) is 2.71. The molecule has 3 N–H and O–H groups in total. The van der Waals surface area contributed by atoms with Crippen LogP contribution in [0, 0.1) is 5.82 Å². The van der Waals surface area contributed by atoms with E-state index in [2.05, 4.69) is 15.6 Å². The van der Waals surface area contributed by atoms with Crippen LogP contribution in [0.2, 0.25) is 0 Å². The van der Waals surface area contributed by atoms with Gasteiger partial charge in [-0.15, -0.1) is 0 Å². The predicted molar refractivity (Wildman–Crippen MR) is 119 cm³/mol. The number of nitrogens with zero attached hydrogens (tertiary/aromatic N) is 1. The number of carbonyl (C=O) groups is 2. The van der Waals surface area contributed by atoms with Crippen LogP contribution in [-0.4, -0.2) is 34.9 Å². The number of aromatic nitrogens is 1. The highest BCUT2D eigenvalue weighted by Crippen LogP contribution is 2.29. The van der Waals surface area contributed by atoms with Crippen molar-refractivity contribution < 1.29 is 28.6 Å². The summed E-state index contributed by atoms with van der Waals surface area (Å²) < 4.78 is 24.7. The minimum Gasteiger partial charge on any atom is -0.497 e. The fourth-order valence-corrected chi connectivity index (χ4v) is 3.08. The molecule has 1 unspecified atom stereocenters. The molecule has 1 aromatic heterocycles. The van der Waals surface area contributed by atoms with Gasteiger partial charge in [0.05, 0.1) is 7.11 Å². The summed E-state index contributed by atoms with van der Waals surface area (Å²) in [5, 5.41) is 16.5. The fraction of sp³-hybridized carbons (Fsp3) is 0.261.